The predicted molar refractivity (Wildman–Crippen MR) is 117 cm³/mol. The van der Waals surface area contributed by atoms with Crippen molar-refractivity contribution in [2.24, 2.45) is 0 Å². The number of nitrogens with zero attached hydrogens (tertiary/aromatic N) is 2. The number of amides is 1. The standard InChI is InChI=1S/C21H16ClN3O3S/c1-13-4-2-6-15(10-13)23-18(26)12-24-17-8-9-29-19(17)20(27)25(21(24)28)16-7-3-5-14(22)11-16/h2-11H,12H2,1H3,(H,23,26). The Morgan fingerprint density at radius 3 is 2.66 bits per heavy atom. The summed E-state index contributed by atoms with van der Waals surface area (Å²) in [5.74, 6) is -0.360. The van der Waals surface area contributed by atoms with Gasteiger partial charge < -0.3 is 5.32 Å². The summed E-state index contributed by atoms with van der Waals surface area (Å²) in [5.41, 5.74) is 1.42. The maximum atomic E-state index is 13.2. The van der Waals surface area contributed by atoms with Gasteiger partial charge in [0.05, 0.1) is 11.2 Å². The summed E-state index contributed by atoms with van der Waals surface area (Å²) in [5, 5.41) is 4.93. The number of halogens is 1. The number of hydrogen-bond donors (Lipinski definition) is 1. The second kappa shape index (κ2) is 7.69. The van der Waals surface area contributed by atoms with Crippen LogP contribution in [0.25, 0.3) is 15.9 Å². The molecule has 1 amide bonds. The second-order valence-electron chi connectivity index (χ2n) is 6.54. The molecule has 0 fully saturated rings. The van der Waals surface area contributed by atoms with Crippen LogP contribution in [0.4, 0.5) is 5.69 Å². The molecule has 0 unspecified atom stereocenters. The first-order valence-electron chi connectivity index (χ1n) is 8.79. The largest absolute Gasteiger partial charge is 0.336 e. The Kier molecular flexibility index (Phi) is 5.08. The van der Waals surface area contributed by atoms with Crippen LogP contribution in [-0.4, -0.2) is 15.0 Å². The summed E-state index contributed by atoms with van der Waals surface area (Å²) in [6, 6.07) is 15.6. The number of carbonyl (C=O) groups is 1. The van der Waals surface area contributed by atoms with Crippen LogP contribution in [0, 0.1) is 6.92 Å². The smallest absolute Gasteiger partial charge is 0.325 e. The van der Waals surface area contributed by atoms with Gasteiger partial charge >= 0.3 is 5.69 Å². The average molecular weight is 426 g/mol. The van der Waals surface area contributed by atoms with E-state index in [-0.39, 0.29) is 12.5 Å². The fraction of sp³-hybridized carbons (Fsp3) is 0.0952. The molecule has 4 rings (SSSR count). The summed E-state index contributed by atoms with van der Waals surface area (Å²) >= 11 is 7.26. The van der Waals surface area contributed by atoms with Gasteiger partial charge in [0.15, 0.2) is 0 Å². The van der Waals surface area contributed by atoms with Crippen LogP contribution in [0.2, 0.25) is 5.02 Å². The molecule has 0 saturated carbocycles. The third-order valence-electron chi connectivity index (χ3n) is 4.42. The zero-order valence-electron chi connectivity index (χ0n) is 15.4. The zero-order chi connectivity index (χ0) is 20.5. The van der Waals surface area contributed by atoms with E-state index in [1.165, 1.54) is 15.9 Å². The molecule has 4 aromatic rings. The van der Waals surface area contributed by atoms with Gasteiger partial charge in [-0.15, -0.1) is 11.3 Å². The molecule has 0 radical (unpaired) electrons. The Bertz CT molecular complexity index is 1350. The molecule has 0 atom stereocenters. The molecule has 6 nitrogen and oxygen atoms in total. The van der Waals surface area contributed by atoms with Crippen LogP contribution >= 0.6 is 22.9 Å². The highest BCUT2D eigenvalue weighted by Gasteiger charge is 2.17. The molecule has 1 N–H and O–H groups in total. The lowest BCUT2D eigenvalue weighted by atomic mass is 10.2. The second-order valence-corrected chi connectivity index (χ2v) is 7.89. The normalized spacial score (nSPS) is 11.0. The first kappa shape index (κ1) is 19.2. The van der Waals surface area contributed by atoms with Gasteiger partial charge in [-0.25, -0.2) is 9.36 Å². The van der Waals surface area contributed by atoms with Crippen LogP contribution in [0.3, 0.4) is 0 Å². The van der Waals surface area contributed by atoms with E-state index in [1.54, 1.807) is 41.8 Å². The highest BCUT2D eigenvalue weighted by molar-refractivity contribution is 7.17. The molecular formula is C21H16ClN3O3S. The van der Waals surface area contributed by atoms with Gasteiger partial charge in [0.1, 0.15) is 11.2 Å². The minimum Gasteiger partial charge on any atom is -0.325 e. The fourth-order valence-corrected chi connectivity index (χ4v) is 4.16. The van der Waals surface area contributed by atoms with Gasteiger partial charge in [-0.3, -0.25) is 14.2 Å². The zero-order valence-corrected chi connectivity index (χ0v) is 17.0. The molecule has 146 valence electrons. The molecule has 0 bridgehead atoms. The molecule has 0 saturated heterocycles. The molecule has 2 aromatic heterocycles. The van der Waals surface area contributed by atoms with E-state index in [0.29, 0.717) is 26.6 Å². The summed E-state index contributed by atoms with van der Waals surface area (Å²) in [4.78, 5) is 38.7. The maximum absolute atomic E-state index is 13.2. The lowest BCUT2D eigenvalue weighted by molar-refractivity contribution is -0.116. The number of thiophene rings is 1. The van der Waals surface area contributed by atoms with E-state index in [2.05, 4.69) is 5.32 Å². The SMILES string of the molecule is Cc1cccc(NC(=O)Cn2c(=O)n(-c3cccc(Cl)c3)c(=O)c3sccc32)c1. The quantitative estimate of drug-likeness (QED) is 0.540. The Hall–Kier alpha value is -3.16. The summed E-state index contributed by atoms with van der Waals surface area (Å²) in [6.07, 6.45) is 0. The van der Waals surface area contributed by atoms with Crippen molar-refractivity contribution in [3.63, 3.8) is 0 Å². The molecule has 0 aliphatic rings. The number of carbonyl (C=O) groups excluding carboxylic acids is 1. The van der Waals surface area contributed by atoms with E-state index in [0.717, 1.165) is 10.1 Å². The summed E-state index contributed by atoms with van der Waals surface area (Å²) in [7, 11) is 0. The molecule has 29 heavy (non-hydrogen) atoms. The topological polar surface area (TPSA) is 73.1 Å². The average Bonchev–Trinajstić information content (AvgIpc) is 3.15. The molecule has 0 aliphatic heterocycles. The number of aryl methyl sites for hydroxylation is 1. The van der Waals surface area contributed by atoms with E-state index >= 15 is 0 Å². The van der Waals surface area contributed by atoms with Crippen LogP contribution < -0.4 is 16.6 Å². The lowest BCUT2D eigenvalue weighted by Gasteiger charge is -2.13. The fourth-order valence-electron chi connectivity index (χ4n) is 3.15. The van der Waals surface area contributed by atoms with E-state index in [1.807, 2.05) is 25.1 Å². The van der Waals surface area contributed by atoms with Gasteiger partial charge in [0.2, 0.25) is 5.91 Å². The number of fused-ring (bicyclic) bond motifs is 1. The van der Waals surface area contributed by atoms with Crippen LogP contribution in [0.1, 0.15) is 5.56 Å². The van der Waals surface area contributed by atoms with Crippen LogP contribution in [-0.2, 0) is 11.3 Å². The van der Waals surface area contributed by atoms with Crippen molar-refractivity contribution in [1.82, 2.24) is 9.13 Å². The highest BCUT2D eigenvalue weighted by Crippen LogP contribution is 2.18. The number of anilines is 1. The van der Waals surface area contributed by atoms with Gasteiger partial charge in [-0.05, 0) is 54.3 Å². The molecular weight excluding hydrogens is 410 g/mol. The van der Waals surface area contributed by atoms with Crippen molar-refractivity contribution in [3.8, 4) is 5.69 Å². The molecule has 0 aliphatic carbocycles. The van der Waals surface area contributed by atoms with E-state index in [9.17, 15) is 14.4 Å². The van der Waals surface area contributed by atoms with Crippen LogP contribution in [0.5, 0.6) is 0 Å². The van der Waals surface area contributed by atoms with Gasteiger partial charge in [-0.2, -0.15) is 0 Å². The Morgan fingerprint density at radius 1 is 1.10 bits per heavy atom. The maximum Gasteiger partial charge on any atom is 0.336 e. The third kappa shape index (κ3) is 3.74. The van der Waals surface area contributed by atoms with Crippen molar-refractivity contribution in [2.45, 2.75) is 13.5 Å². The Balaban J connectivity index is 1.80. The van der Waals surface area contributed by atoms with Crippen molar-refractivity contribution in [1.29, 1.82) is 0 Å². The molecule has 2 aromatic carbocycles. The minimum absolute atomic E-state index is 0.221. The van der Waals surface area contributed by atoms with Gasteiger partial charge in [0.25, 0.3) is 5.56 Å². The van der Waals surface area contributed by atoms with E-state index < -0.39 is 11.2 Å². The third-order valence-corrected chi connectivity index (χ3v) is 5.55. The summed E-state index contributed by atoms with van der Waals surface area (Å²) in [6.45, 7) is 1.71. The summed E-state index contributed by atoms with van der Waals surface area (Å²) < 4.78 is 2.75. The Labute approximate surface area is 174 Å². The first-order valence-corrected chi connectivity index (χ1v) is 10.1. The number of rotatable bonds is 4. The van der Waals surface area contributed by atoms with Crippen molar-refractivity contribution >= 4 is 44.7 Å². The molecule has 0 spiro atoms. The van der Waals surface area contributed by atoms with Crippen molar-refractivity contribution in [2.75, 3.05) is 5.32 Å². The lowest BCUT2D eigenvalue weighted by Crippen LogP contribution is -2.40. The molecule has 2 heterocycles. The molecule has 8 heteroatoms. The number of hydrogen-bond acceptors (Lipinski definition) is 4. The Morgan fingerprint density at radius 2 is 1.90 bits per heavy atom. The van der Waals surface area contributed by atoms with Gasteiger partial charge in [-0.1, -0.05) is 29.8 Å². The van der Waals surface area contributed by atoms with Crippen molar-refractivity contribution < 1.29 is 4.79 Å². The predicted octanol–water partition coefficient (Wildman–Crippen LogP) is 3.81. The van der Waals surface area contributed by atoms with Crippen LogP contribution in [0.15, 0.2) is 69.6 Å². The first-order chi connectivity index (χ1) is 13.9. The number of benzene rings is 2. The minimum atomic E-state index is -0.595. The van der Waals surface area contributed by atoms with Gasteiger partial charge in [0, 0.05) is 10.7 Å². The van der Waals surface area contributed by atoms with Crippen molar-refractivity contribution in [3.05, 3.63) is 91.4 Å². The number of aromatic nitrogens is 2. The highest BCUT2D eigenvalue weighted by atomic mass is 35.5. The monoisotopic (exact) mass is 425 g/mol. The number of nitrogens with one attached hydrogen (secondary N) is 1. The van der Waals surface area contributed by atoms with E-state index in [4.69, 9.17) is 11.6 Å².